The number of rotatable bonds is 5. The zero-order chi connectivity index (χ0) is 19.2. The molecule has 1 unspecified atom stereocenters. The SMILES string of the molecule is CC(c1ccco1)N(C)C(=O)C1CCN(C(=O)/C=C/c2ccccc2)CC1. The van der Waals surface area contributed by atoms with E-state index in [4.69, 9.17) is 4.42 Å². The summed E-state index contributed by atoms with van der Waals surface area (Å²) in [4.78, 5) is 28.7. The molecule has 1 aromatic heterocycles. The van der Waals surface area contributed by atoms with Gasteiger partial charge in [-0.05, 0) is 43.5 Å². The lowest BCUT2D eigenvalue weighted by atomic mass is 9.94. The van der Waals surface area contributed by atoms with E-state index in [9.17, 15) is 9.59 Å². The summed E-state index contributed by atoms with van der Waals surface area (Å²) >= 11 is 0. The molecule has 0 N–H and O–H groups in total. The summed E-state index contributed by atoms with van der Waals surface area (Å²) in [6.45, 7) is 3.18. The van der Waals surface area contributed by atoms with Crippen LogP contribution in [0.25, 0.3) is 6.08 Å². The van der Waals surface area contributed by atoms with E-state index in [2.05, 4.69) is 0 Å². The maximum absolute atomic E-state index is 12.8. The Morgan fingerprint density at radius 3 is 2.48 bits per heavy atom. The summed E-state index contributed by atoms with van der Waals surface area (Å²) in [6.07, 6.45) is 6.45. The van der Waals surface area contributed by atoms with Crippen molar-refractivity contribution in [2.24, 2.45) is 5.92 Å². The Kier molecular flexibility index (Phi) is 6.12. The van der Waals surface area contributed by atoms with Crippen molar-refractivity contribution in [3.63, 3.8) is 0 Å². The minimum absolute atomic E-state index is 0.00191. The van der Waals surface area contributed by atoms with Gasteiger partial charge in [0.1, 0.15) is 5.76 Å². The molecule has 0 bridgehead atoms. The molecule has 5 nitrogen and oxygen atoms in total. The highest BCUT2D eigenvalue weighted by Gasteiger charge is 2.30. The van der Waals surface area contributed by atoms with E-state index in [1.807, 2.05) is 67.4 Å². The lowest BCUT2D eigenvalue weighted by Crippen LogP contribution is -2.43. The fraction of sp³-hybridized carbons (Fsp3) is 0.364. The molecular formula is C22H26N2O3. The van der Waals surface area contributed by atoms with Crippen LogP contribution in [0.4, 0.5) is 0 Å². The molecule has 0 aliphatic carbocycles. The normalized spacial score (nSPS) is 16.4. The van der Waals surface area contributed by atoms with E-state index < -0.39 is 0 Å². The van der Waals surface area contributed by atoms with Crippen LogP contribution in [0.15, 0.2) is 59.2 Å². The fourth-order valence-corrected chi connectivity index (χ4v) is 3.38. The van der Waals surface area contributed by atoms with Crippen molar-refractivity contribution >= 4 is 17.9 Å². The molecule has 1 aliphatic heterocycles. The number of nitrogens with zero attached hydrogens (tertiary/aromatic N) is 2. The first-order valence-corrected chi connectivity index (χ1v) is 9.38. The van der Waals surface area contributed by atoms with Crippen LogP contribution in [0.1, 0.15) is 37.1 Å². The molecule has 27 heavy (non-hydrogen) atoms. The van der Waals surface area contributed by atoms with E-state index in [1.165, 1.54) is 0 Å². The van der Waals surface area contributed by atoms with E-state index in [0.29, 0.717) is 25.9 Å². The van der Waals surface area contributed by atoms with Gasteiger partial charge in [0.15, 0.2) is 0 Å². The Labute approximate surface area is 160 Å². The Morgan fingerprint density at radius 2 is 1.85 bits per heavy atom. The first-order chi connectivity index (χ1) is 13.1. The van der Waals surface area contributed by atoms with Crippen molar-refractivity contribution in [1.29, 1.82) is 0 Å². The number of carbonyl (C=O) groups excluding carboxylic acids is 2. The molecule has 0 radical (unpaired) electrons. The lowest BCUT2D eigenvalue weighted by Gasteiger charge is -2.34. The quantitative estimate of drug-likeness (QED) is 0.757. The number of hydrogen-bond acceptors (Lipinski definition) is 3. The molecule has 2 aromatic rings. The van der Waals surface area contributed by atoms with Gasteiger partial charge in [0.05, 0.1) is 12.3 Å². The zero-order valence-electron chi connectivity index (χ0n) is 15.9. The number of carbonyl (C=O) groups is 2. The molecule has 3 rings (SSSR count). The minimum atomic E-state index is -0.0963. The molecule has 1 fully saturated rings. The molecule has 1 aliphatic rings. The van der Waals surface area contributed by atoms with Crippen LogP contribution in [-0.4, -0.2) is 41.8 Å². The fourth-order valence-electron chi connectivity index (χ4n) is 3.38. The number of furan rings is 1. The van der Waals surface area contributed by atoms with Crippen LogP contribution >= 0.6 is 0 Å². The molecule has 1 saturated heterocycles. The lowest BCUT2D eigenvalue weighted by molar-refractivity contribution is -0.140. The second-order valence-corrected chi connectivity index (χ2v) is 6.98. The average molecular weight is 366 g/mol. The van der Waals surface area contributed by atoms with Gasteiger partial charge in [0.25, 0.3) is 0 Å². The molecular weight excluding hydrogens is 340 g/mol. The maximum Gasteiger partial charge on any atom is 0.246 e. The number of likely N-dealkylation sites (tertiary alicyclic amines) is 1. The summed E-state index contributed by atoms with van der Waals surface area (Å²) in [5, 5.41) is 0. The van der Waals surface area contributed by atoms with E-state index in [1.54, 1.807) is 17.2 Å². The van der Waals surface area contributed by atoms with Crippen molar-refractivity contribution < 1.29 is 14.0 Å². The third-order valence-corrected chi connectivity index (χ3v) is 5.26. The number of hydrogen-bond donors (Lipinski definition) is 0. The van der Waals surface area contributed by atoms with Crippen LogP contribution in [0, 0.1) is 5.92 Å². The van der Waals surface area contributed by atoms with Crippen molar-refractivity contribution in [3.05, 3.63) is 66.1 Å². The Balaban J connectivity index is 1.51. The molecule has 2 amide bonds. The summed E-state index contributed by atoms with van der Waals surface area (Å²) in [6, 6.07) is 13.4. The predicted octanol–water partition coefficient (Wildman–Crippen LogP) is 3.75. The van der Waals surface area contributed by atoms with Crippen LogP contribution in [0.5, 0.6) is 0 Å². The van der Waals surface area contributed by atoms with Crippen LogP contribution in [-0.2, 0) is 9.59 Å². The van der Waals surface area contributed by atoms with Crippen molar-refractivity contribution in [2.45, 2.75) is 25.8 Å². The highest BCUT2D eigenvalue weighted by molar-refractivity contribution is 5.92. The highest BCUT2D eigenvalue weighted by Crippen LogP contribution is 2.25. The Bertz CT molecular complexity index is 775. The van der Waals surface area contributed by atoms with Crippen molar-refractivity contribution in [3.8, 4) is 0 Å². The Morgan fingerprint density at radius 1 is 1.15 bits per heavy atom. The molecule has 0 saturated carbocycles. The first-order valence-electron chi connectivity index (χ1n) is 9.38. The molecule has 0 spiro atoms. The van der Waals surface area contributed by atoms with Gasteiger partial charge in [0, 0.05) is 32.1 Å². The number of piperidine rings is 1. The van der Waals surface area contributed by atoms with Gasteiger partial charge >= 0.3 is 0 Å². The summed E-state index contributed by atoms with van der Waals surface area (Å²) < 4.78 is 5.41. The highest BCUT2D eigenvalue weighted by atomic mass is 16.3. The summed E-state index contributed by atoms with van der Waals surface area (Å²) in [7, 11) is 1.82. The van der Waals surface area contributed by atoms with Gasteiger partial charge in [-0.3, -0.25) is 9.59 Å². The van der Waals surface area contributed by atoms with Crippen LogP contribution < -0.4 is 0 Å². The largest absolute Gasteiger partial charge is 0.467 e. The Hall–Kier alpha value is -2.82. The van der Waals surface area contributed by atoms with Gasteiger partial charge in [-0.25, -0.2) is 0 Å². The number of benzene rings is 1. The van der Waals surface area contributed by atoms with Gasteiger partial charge in [-0.15, -0.1) is 0 Å². The summed E-state index contributed by atoms with van der Waals surface area (Å²) in [5.74, 6) is 0.854. The molecule has 2 heterocycles. The number of amides is 2. The topological polar surface area (TPSA) is 53.8 Å². The van der Waals surface area contributed by atoms with Gasteiger partial charge in [0.2, 0.25) is 11.8 Å². The molecule has 1 atom stereocenters. The van der Waals surface area contributed by atoms with E-state index >= 15 is 0 Å². The third kappa shape index (κ3) is 4.67. The monoisotopic (exact) mass is 366 g/mol. The first kappa shape index (κ1) is 19.0. The van der Waals surface area contributed by atoms with E-state index in [-0.39, 0.29) is 23.8 Å². The predicted molar refractivity (Wildman–Crippen MR) is 105 cm³/mol. The van der Waals surface area contributed by atoms with Crippen LogP contribution in [0.2, 0.25) is 0 Å². The molecule has 142 valence electrons. The minimum Gasteiger partial charge on any atom is -0.467 e. The zero-order valence-corrected chi connectivity index (χ0v) is 15.9. The molecule has 5 heteroatoms. The average Bonchev–Trinajstić information content (AvgIpc) is 3.26. The van der Waals surface area contributed by atoms with Gasteiger partial charge < -0.3 is 14.2 Å². The standard InChI is InChI=1S/C22H26N2O3/c1-17(20-9-6-16-27-20)23(2)22(26)19-12-14-24(15-13-19)21(25)11-10-18-7-4-3-5-8-18/h3-11,16-17,19H,12-15H2,1-2H3/b11-10+. The van der Waals surface area contributed by atoms with E-state index in [0.717, 1.165) is 11.3 Å². The second-order valence-electron chi connectivity index (χ2n) is 6.98. The maximum atomic E-state index is 12.8. The summed E-state index contributed by atoms with van der Waals surface area (Å²) in [5.41, 5.74) is 1.00. The smallest absolute Gasteiger partial charge is 0.246 e. The molecule has 1 aromatic carbocycles. The van der Waals surface area contributed by atoms with Gasteiger partial charge in [-0.1, -0.05) is 30.3 Å². The van der Waals surface area contributed by atoms with Crippen molar-refractivity contribution in [1.82, 2.24) is 9.80 Å². The second kappa shape index (κ2) is 8.71. The third-order valence-electron chi connectivity index (χ3n) is 5.26. The van der Waals surface area contributed by atoms with Crippen LogP contribution in [0.3, 0.4) is 0 Å². The van der Waals surface area contributed by atoms with Crippen molar-refractivity contribution in [2.75, 3.05) is 20.1 Å². The van der Waals surface area contributed by atoms with Gasteiger partial charge in [-0.2, -0.15) is 0 Å².